The molecule has 0 radical (unpaired) electrons. The van der Waals surface area contributed by atoms with Crippen LogP contribution in [-0.2, 0) is 0 Å². The van der Waals surface area contributed by atoms with E-state index in [0.29, 0.717) is 36.2 Å². The van der Waals surface area contributed by atoms with Crippen LogP contribution in [0.5, 0.6) is 28.7 Å². The average molecular weight is 583 g/mol. The van der Waals surface area contributed by atoms with Crippen molar-refractivity contribution in [3.8, 4) is 28.7 Å². The Labute approximate surface area is 255 Å². The molecule has 236 valence electrons. The second-order valence-corrected chi connectivity index (χ2v) is 14.6. The van der Waals surface area contributed by atoms with Crippen LogP contribution in [0.1, 0.15) is 134 Å². The van der Waals surface area contributed by atoms with E-state index in [4.69, 9.17) is 23.7 Å². The second kappa shape index (κ2) is 15.3. The van der Waals surface area contributed by atoms with Crippen LogP contribution >= 0.6 is 0 Å². The van der Waals surface area contributed by atoms with Gasteiger partial charge >= 0.3 is 0 Å². The molecule has 5 saturated carbocycles. The summed E-state index contributed by atoms with van der Waals surface area (Å²) in [6.45, 7) is 5.82. The highest BCUT2D eigenvalue weighted by molar-refractivity contribution is 5.70. The van der Waals surface area contributed by atoms with Gasteiger partial charge in [0.1, 0.15) is 0 Å². The summed E-state index contributed by atoms with van der Waals surface area (Å²) in [7, 11) is 0. The smallest absolute Gasteiger partial charge is 0.211 e. The first-order chi connectivity index (χ1) is 20.7. The molecule has 0 spiro atoms. The Morgan fingerprint density at radius 1 is 0.333 bits per heavy atom. The lowest BCUT2D eigenvalue weighted by Crippen LogP contribution is -2.18. The number of hydrogen-bond donors (Lipinski definition) is 0. The summed E-state index contributed by atoms with van der Waals surface area (Å²) < 4.78 is 34.1. The molecular weight excluding hydrogens is 524 g/mol. The maximum atomic E-state index is 6.85. The Kier molecular flexibility index (Phi) is 11.0. The van der Waals surface area contributed by atoms with Crippen LogP contribution in [0.2, 0.25) is 0 Å². The summed E-state index contributed by atoms with van der Waals surface area (Å²) in [6, 6.07) is 0. The van der Waals surface area contributed by atoms with Crippen molar-refractivity contribution < 1.29 is 23.7 Å². The van der Waals surface area contributed by atoms with Crippen LogP contribution in [0.15, 0.2) is 0 Å². The molecule has 5 aliphatic carbocycles. The first-order valence-corrected chi connectivity index (χ1v) is 18.1. The molecule has 5 fully saturated rings. The summed E-state index contributed by atoms with van der Waals surface area (Å²) in [5, 5.41) is 0. The summed E-state index contributed by atoms with van der Waals surface area (Å²) in [4.78, 5) is 0. The number of ether oxygens (including phenoxy) is 5. The number of rotatable bonds is 15. The quantitative estimate of drug-likeness (QED) is 0.206. The Morgan fingerprint density at radius 2 is 0.524 bits per heavy atom. The van der Waals surface area contributed by atoms with Crippen LogP contribution in [0.25, 0.3) is 0 Å². The zero-order chi connectivity index (χ0) is 28.6. The Hall–Kier alpha value is -1.78. The van der Waals surface area contributed by atoms with Gasteiger partial charge in [0.2, 0.25) is 17.2 Å². The molecule has 0 unspecified atom stereocenters. The average Bonchev–Trinajstić information content (AvgIpc) is 3.85. The highest BCUT2D eigenvalue weighted by atomic mass is 16.6. The van der Waals surface area contributed by atoms with Gasteiger partial charge in [0, 0.05) is 5.56 Å². The fraction of sp³-hybridized carbons (Fsp3) is 0.838. The Morgan fingerprint density at radius 3 is 0.762 bits per heavy atom. The van der Waals surface area contributed by atoms with E-state index in [-0.39, 0.29) is 0 Å². The standard InChI is InChI=1S/C37H58O5/c1-27-33(38-22-28-12-2-3-13-28)35(40-24-30-16-6-7-17-30)37(42-26-32-20-10-11-21-32)36(41-25-31-18-8-9-19-31)34(27)39-23-29-14-4-5-15-29/h28-32H,2-26H2,1H3. The summed E-state index contributed by atoms with van der Waals surface area (Å²) in [6.07, 6.45) is 25.7. The Bertz CT molecular complexity index is 896. The third-order valence-corrected chi connectivity index (χ3v) is 11.2. The Balaban J connectivity index is 1.35. The first-order valence-electron chi connectivity index (χ1n) is 18.1. The third-order valence-electron chi connectivity index (χ3n) is 11.2. The van der Waals surface area contributed by atoms with E-state index in [1.165, 1.54) is 128 Å². The van der Waals surface area contributed by atoms with E-state index in [1.807, 2.05) is 0 Å². The van der Waals surface area contributed by atoms with Gasteiger partial charge in [0.05, 0.1) is 33.0 Å². The third kappa shape index (κ3) is 7.83. The predicted octanol–water partition coefficient (Wildman–Crippen LogP) is 9.84. The molecule has 0 heterocycles. The minimum absolute atomic E-state index is 0.599. The molecule has 5 heteroatoms. The fourth-order valence-electron chi connectivity index (χ4n) is 8.39. The monoisotopic (exact) mass is 582 g/mol. The molecule has 0 N–H and O–H groups in total. The van der Waals surface area contributed by atoms with Gasteiger partial charge in [-0.05, 0) is 101 Å². The van der Waals surface area contributed by atoms with E-state index < -0.39 is 0 Å². The molecule has 0 atom stereocenters. The van der Waals surface area contributed by atoms with Crippen molar-refractivity contribution in [2.45, 2.75) is 135 Å². The van der Waals surface area contributed by atoms with Gasteiger partial charge in [-0.1, -0.05) is 64.2 Å². The lowest BCUT2D eigenvalue weighted by molar-refractivity contribution is 0.169. The molecule has 0 aliphatic heterocycles. The minimum atomic E-state index is 0.599. The predicted molar refractivity (Wildman–Crippen MR) is 168 cm³/mol. The SMILES string of the molecule is Cc1c(OCC2CCCC2)c(OCC2CCCC2)c(OCC2CCCC2)c(OCC2CCCC2)c1OCC1CCCC1. The molecule has 5 aliphatic rings. The molecule has 0 saturated heterocycles. The van der Waals surface area contributed by atoms with Crippen LogP contribution in [0, 0.1) is 36.5 Å². The lowest BCUT2D eigenvalue weighted by Gasteiger charge is -2.27. The van der Waals surface area contributed by atoms with Crippen molar-refractivity contribution in [3.05, 3.63) is 5.56 Å². The van der Waals surface area contributed by atoms with E-state index in [0.717, 1.165) is 60.7 Å². The zero-order valence-corrected chi connectivity index (χ0v) is 26.6. The minimum Gasteiger partial charge on any atom is -0.489 e. The van der Waals surface area contributed by atoms with E-state index in [9.17, 15) is 0 Å². The van der Waals surface area contributed by atoms with Crippen LogP contribution in [0.4, 0.5) is 0 Å². The molecular formula is C37H58O5. The summed E-state index contributed by atoms with van der Waals surface area (Å²) in [5.41, 5.74) is 1.03. The topological polar surface area (TPSA) is 46.2 Å². The summed E-state index contributed by atoms with van der Waals surface area (Å²) >= 11 is 0. The van der Waals surface area contributed by atoms with Gasteiger partial charge in [-0.3, -0.25) is 0 Å². The van der Waals surface area contributed by atoms with Crippen molar-refractivity contribution in [2.75, 3.05) is 33.0 Å². The molecule has 0 bridgehead atoms. The van der Waals surface area contributed by atoms with Crippen LogP contribution < -0.4 is 23.7 Å². The maximum Gasteiger partial charge on any atom is 0.211 e. The van der Waals surface area contributed by atoms with Gasteiger partial charge in [-0.2, -0.15) is 0 Å². The van der Waals surface area contributed by atoms with Crippen LogP contribution in [-0.4, -0.2) is 33.0 Å². The molecule has 1 aromatic rings. The van der Waals surface area contributed by atoms with E-state index in [1.54, 1.807) is 0 Å². The van der Waals surface area contributed by atoms with Gasteiger partial charge in [-0.15, -0.1) is 0 Å². The molecule has 1 aromatic carbocycles. The van der Waals surface area contributed by atoms with Gasteiger partial charge in [-0.25, -0.2) is 0 Å². The highest BCUT2D eigenvalue weighted by Gasteiger charge is 2.32. The molecule has 0 aromatic heterocycles. The second-order valence-electron chi connectivity index (χ2n) is 14.6. The van der Waals surface area contributed by atoms with Crippen LogP contribution in [0.3, 0.4) is 0 Å². The zero-order valence-electron chi connectivity index (χ0n) is 26.6. The van der Waals surface area contributed by atoms with Crippen molar-refractivity contribution in [3.63, 3.8) is 0 Å². The maximum absolute atomic E-state index is 6.85. The molecule has 42 heavy (non-hydrogen) atoms. The van der Waals surface area contributed by atoms with Crippen molar-refractivity contribution in [1.82, 2.24) is 0 Å². The molecule has 0 amide bonds. The number of hydrogen-bond acceptors (Lipinski definition) is 5. The first kappa shape index (κ1) is 30.3. The number of benzene rings is 1. The summed E-state index contributed by atoms with van der Waals surface area (Å²) in [5.74, 6) is 7.07. The normalized spacial score (nSPS) is 22.9. The fourth-order valence-corrected chi connectivity index (χ4v) is 8.39. The van der Waals surface area contributed by atoms with Crippen molar-refractivity contribution in [2.24, 2.45) is 29.6 Å². The van der Waals surface area contributed by atoms with Gasteiger partial charge in [0.25, 0.3) is 0 Å². The highest BCUT2D eigenvalue weighted by Crippen LogP contribution is 2.55. The van der Waals surface area contributed by atoms with E-state index >= 15 is 0 Å². The van der Waals surface area contributed by atoms with Gasteiger partial charge < -0.3 is 23.7 Å². The van der Waals surface area contributed by atoms with Crippen molar-refractivity contribution >= 4 is 0 Å². The largest absolute Gasteiger partial charge is 0.489 e. The lowest BCUT2D eigenvalue weighted by atomic mass is 10.1. The van der Waals surface area contributed by atoms with Crippen molar-refractivity contribution in [1.29, 1.82) is 0 Å². The molecule has 5 nitrogen and oxygen atoms in total. The van der Waals surface area contributed by atoms with Gasteiger partial charge in [0.15, 0.2) is 11.5 Å². The van der Waals surface area contributed by atoms with E-state index in [2.05, 4.69) is 6.92 Å². The molecule has 6 rings (SSSR count).